The van der Waals surface area contributed by atoms with Gasteiger partial charge in [-0.05, 0) is 142 Å². The summed E-state index contributed by atoms with van der Waals surface area (Å²) < 4.78 is 42.9. The van der Waals surface area contributed by atoms with Crippen molar-refractivity contribution in [1.29, 1.82) is 0 Å². The van der Waals surface area contributed by atoms with Gasteiger partial charge in [-0.3, -0.25) is 14.4 Å². The van der Waals surface area contributed by atoms with Crippen LogP contribution in [0.1, 0.15) is 183 Å². The average molecular weight is 1150 g/mol. The van der Waals surface area contributed by atoms with E-state index < -0.39 is 29.8 Å². The molecule has 0 aromatic heterocycles. The Kier molecular flexibility index (Phi) is 25.9. The molecule has 1 fully saturated rings. The molecule has 6 rings (SSSR count). The standard InChI is InChI=1S/C69H99N3O11/c1-48(2)21-18-22-49(3)23-19-24-50(4)25-20-40-68(8)41-39-61-53(7)65(51(5)52(6)66(61)83-68)79-43-44-80-67(76)71-42-17-13-16-28-63(74)72-46-60(82-64(75)38-37-62(73)70-9)45-57(72)47-81-69(54-26-14-12-15-27-54,55-29-33-58(77-10)34-30-55)56-31-35-59(78-11)36-32-56/h12,14-15,26-27,29-36,48-50,57,60H,13,16-25,28,37-47H2,1-11H3,(H,70,73)(H,71,76)/t49-,50-,57+,60-,68-/m1/s1. The van der Waals surface area contributed by atoms with E-state index in [4.69, 9.17) is 33.2 Å². The maximum atomic E-state index is 14.2. The summed E-state index contributed by atoms with van der Waals surface area (Å²) in [4.78, 5) is 53.7. The third-order valence-electron chi connectivity index (χ3n) is 17.2. The largest absolute Gasteiger partial charge is 0.497 e. The van der Waals surface area contributed by atoms with Crippen LogP contribution in [0.15, 0.2) is 78.9 Å². The van der Waals surface area contributed by atoms with Crippen molar-refractivity contribution < 1.29 is 52.3 Å². The molecular formula is C69H99N3O11. The summed E-state index contributed by atoms with van der Waals surface area (Å²) in [5, 5.41) is 5.39. The van der Waals surface area contributed by atoms with Crippen molar-refractivity contribution in [3.63, 3.8) is 0 Å². The van der Waals surface area contributed by atoms with Gasteiger partial charge in [0, 0.05) is 38.4 Å². The molecule has 2 N–H and O–H groups in total. The van der Waals surface area contributed by atoms with E-state index in [1.165, 1.54) is 64.0 Å². The number of carbonyl (C=O) groups is 4. The van der Waals surface area contributed by atoms with E-state index in [2.05, 4.69) is 66.0 Å². The van der Waals surface area contributed by atoms with Gasteiger partial charge in [0.25, 0.3) is 0 Å². The number of ether oxygens (including phenoxy) is 7. The number of benzene rings is 4. The van der Waals surface area contributed by atoms with Crippen molar-refractivity contribution in [2.75, 3.05) is 54.2 Å². The number of unbranched alkanes of at least 4 members (excludes halogenated alkanes) is 2. The molecule has 83 heavy (non-hydrogen) atoms. The molecule has 14 nitrogen and oxygen atoms in total. The molecule has 14 heteroatoms. The Balaban J connectivity index is 0.969. The van der Waals surface area contributed by atoms with Crippen molar-refractivity contribution >= 4 is 23.9 Å². The zero-order valence-corrected chi connectivity index (χ0v) is 52.1. The number of hydrogen-bond donors (Lipinski definition) is 2. The highest BCUT2D eigenvalue weighted by Crippen LogP contribution is 2.46. The highest BCUT2D eigenvalue weighted by atomic mass is 16.6. The molecule has 456 valence electrons. The lowest BCUT2D eigenvalue weighted by Gasteiger charge is -2.38. The molecule has 2 heterocycles. The van der Waals surface area contributed by atoms with Crippen LogP contribution in [0.4, 0.5) is 4.79 Å². The van der Waals surface area contributed by atoms with Gasteiger partial charge in [-0.1, -0.05) is 134 Å². The molecule has 0 unspecified atom stereocenters. The summed E-state index contributed by atoms with van der Waals surface area (Å²) in [6.07, 6.45) is 14.8. The monoisotopic (exact) mass is 1150 g/mol. The van der Waals surface area contributed by atoms with Crippen LogP contribution in [-0.4, -0.2) is 101 Å². The fraction of sp³-hybridized carbons (Fsp3) is 0.594. The minimum absolute atomic E-state index is 0.00522. The third kappa shape index (κ3) is 19.1. The Morgan fingerprint density at radius 2 is 1.33 bits per heavy atom. The first-order chi connectivity index (χ1) is 39.9. The Bertz CT molecular complexity index is 2610. The lowest BCUT2D eigenvalue weighted by molar-refractivity contribution is -0.150. The molecule has 2 aliphatic rings. The molecule has 4 aromatic rings. The summed E-state index contributed by atoms with van der Waals surface area (Å²) in [7, 11) is 4.77. The molecule has 5 atom stereocenters. The first kappa shape index (κ1) is 65.9. The molecule has 1 saturated heterocycles. The van der Waals surface area contributed by atoms with E-state index in [-0.39, 0.29) is 63.0 Å². The molecular weight excluding hydrogens is 1050 g/mol. The van der Waals surface area contributed by atoms with Gasteiger partial charge in [0.2, 0.25) is 11.8 Å². The summed E-state index contributed by atoms with van der Waals surface area (Å²) in [6.45, 7) is 19.1. The van der Waals surface area contributed by atoms with Gasteiger partial charge >= 0.3 is 12.1 Å². The number of carbonyl (C=O) groups excluding carboxylic acids is 4. The van der Waals surface area contributed by atoms with Gasteiger partial charge in [0.1, 0.15) is 53.5 Å². The van der Waals surface area contributed by atoms with Crippen LogP contribution in [0.3, 0.4) is 0 Å². The number of likely N-dealkylation sites (tertiary alicyclic amines) is 1. The van der Waals surface area contributed by atoms with E-state index in [0.29, 0.717) is 43.7 Å². The number of rotatable bonds is 34. The van der Waals surface area contributed by atoms with Crippen LogP contribution in [0.25, 0.3) is 0 Å². The predicted molar refractivity (Wildman–Crippen MR) is 328 cm³/mol. The number of esters is 1. The van der Waals surface area contributed by atoms with Gasteiger partial charge in [-0.15, -0.1) is 0 Å². The van der Waals surface area contributed by atoms with E-state index in [0.717, 1.165) is 81.9 Å². The van der Waals surface area contributed by atoms with Crippen molar-refractivity contribution in [2.24, 2.45) is 17.8 Å². The minimum atomic E-state index is -1.13. The highest BCUT2D eigenvalue weighted by Gasteiger charge is 2.43. The number of amides is 3. The lowest BCUT2D eigenvalue weighted by atomic mass is 9.80. The second-order valence-electron chi connectivity index (χ2n) is 24.2. The maximum Gasteiger partial charge on any atom is 0.407 e. The van der Waals surface area contributed by atoms with Gasteiger partial charge < -0.3 is 48.7 Å². The molecule has 4 aromatic carbocycles. The van der Waals surface area contributed by atoms with Crippen molar-refractivity contribution in [1.82, 2.24) is 15.5 Å². The second kappa shape index (κ2) is 32.7. The molecule has 0 saturated carbocycles. The number of nitrogens with zero attached hydrogens (tertiary/aromatic N) is 1. The van der Waals surface area contributed by atoms with Crippen LogP contribution in [0.2, 0.25) is 0 Å². The van der Waals surface area contributed by atoms with Crippen LogP contribution in [-0.2, 0) is 40.6 Å². The number of methoxy groups -OCH3 is 2. The third-order valence-corrected chi connectivity index (χ3v) is 17.2. The highest BCUT2D eigenvalue weighted by molar-refractivity contribution is 5.81. The molecule has 0 aliphatic carbocycles. The molecule has 0 spiro atoms. The van der Waals surface area contributed by atoms with Crippen LogP contribution >= 0.6 is 0 Å². The zero-order chi connectivity index (χ0) is 59.9. The quantitative estimate of drug-likeness (QED) is 0.0260. The van der Waals surface area contributed by atoms with Gasteiger partial charge in [0.15, 0.2) is 0 Å². The van der Waals surface area contributed by atoms with Gasteiger partial charge in [-0.25, -0.2) is 4.79 Å². The number of alkyl carbamates (subject to hydrolysis) is 1. The summed E-state index contributed by atoms with van der Waals surface area (Å²) in [5.41, 5.74) is 5.72. The Morgan fingerprint density at radius 3 is 1.94 bits per heavy atom. The predicted octanol–water partition coefficient (Wildman–Crippen LogP) is 13.9. The summed E-state index contributed by atoms with van der Waals surface area (Å²) in [5.74, 6) is 4.74. The molecule has 3 amide bonds. The number of fused-ring (bicyclic) bond motifs is 1. The van der Waals surface area contributed by atoms with Gasteiger partial charge in [0.05, 0.1) is 39.8 Å². The molecule has 2 aliphatic heterocycles. The van der Waals surface area contributed by atoms with E-state index in [1.807, 2.05) is 78.9 Å². The summed E-state index contributed by atoms with van der Waals surface area (Å²) in [6, 6.07) is 25.0. The van der Waals surface area contributed by atoms with Crippen molar-refractivity contribution in [3.8, 4) is 23.0 Å². The number of hydrogen-bond acceptors (Lipinski definition) is 11. The maximum absolute atomic E-state index is 14.2. The molecule has 0 radical (unpaired) electrons. The Labute approximate surface area is 496 Å². The Morgan fingerprint density at radius 1 is 0.711 bits per heavy atom. The SMILES string of the molecule is CNC(=O)CCC(=O)O[C@@H]1C[C@@H](COC(c2ccccc2)(c2ccc(OC)cc2)c2ccc(OC)cc2)N(C(=O)CCCCCNC(=O)OCCOc2c(C)c(C)c3c(c2C)CC[C@@](C)(CCC[C@H](C)CCC[C@H](C)CCCC(C)C)O3)C1. The average Bonchev–Trinajstić information content (AvgIpc) is 2.63. The topological polar surface area (TPSA) is 160 Å². The second-order valence-corrected chi connectivity index (χ2v) is 24.2. The zero-order valence-electron chi connectivity index (χ0n) is 52.1. The fourth-order valence-corrected chi connectivity index (χ4v) is 12.0. The smallest absolute Gasteiger partial charge is 0.407 e. The van der Waals surface area contributed by atoms with E-state index >= 15 is 0 Å². The van der Waals surface area contributed by atoms with E-state index in [1.54, 1.807) is 19.1 Å². The lowest BCUT2D eigenvalue weighted by Crippen LogP contribution is -2.42. The van der Waals surface area contributed by atoms with Gasteiger partial charge in [-0.2, -0.15) is 0 Å². The first-order valence-corrected chi connectivity index (χ1v) is 30.9. The normalized spacial score (nSPS) is 17.5. The fourth-order valence-electron chi connectivity index (χ4n) is 12.0. The minimum Gasteiger partial charge on any atom is -0.497 e. The summed E-state index contributed by atoms with van der Waals surface area (Å²) >= 11 is 0. The van der Waals surface area contributed by atoms with Crippen LogP contribution < -0.4 is 29.6 Å². The van der Waals surface area contributed by atoms with Crippen LogP contribution in [0.5, 0.6) is 23.0 Å². The Hall–Kier alpha value is -6.28. The van der Waals surface area contributed by atoms with E-state index in [9.17, 15) is 19.2 Å². The first-order valence-electron chi connectivity index (χ1n) is 30.9. The molecule has 0 bridgehead atoms. The van der Waals surface area contributed by atoms with Crippen molar-refractivity contribution in [2.45, 2.75) is 194 Å². The number of nitrogens with one attached hydrogen (secondary N) is 2. The van der Waals surface area contributed by atoms with Crippen molar-refractivity contribution in [3.05, 3.63) is 118 Å². The van der Waals surface area contributed by atoms with Crippen LogP contribution in [0, 0.1) is 38.5 Å².